The van der Waals surface area contributed by atoms with Crippen LogP contribution in [0.5, 0.6) is 0 Å². The van der Waals surface area contributed by atoms with Crippen LogP contribution in [0.25, 0.3) is 0 Å². The van der Waals surface area contributed by atoms with Gasteiger partial charge in [0.2, 0.25) is 10.0 Å². The second kappa shape index (κ2) is 5.80. The third kappa shape index (κ3) is 3.88. The third-order valence-corrected chi connectivity index (χ3v) is 4.62. The summed E-state index contributed by atoms with van der Waals surface area (Å²) in [6.07, 6.45) is 4.90. The molecule has 3 atom stereocenters. The molecule has 1 heterocycles. The first-order valence-corrected chi connectivity index (χ1v) is 7.30. The Balaban J connectivity index is 2.66. The Morgan fingerprint density at radius 1 is 1.62 bits per heavy atom. The normalized spacial score (nSPS) is 25.2. The minimum atomic E-state index is -3.50. The van der Waals surface area contributed by atoms with E-state index in [0.717, 1.165) is 19.4 Å². The molecule has 16 heavy (non-hydrogen) atoms. The molecule has 94 valence electrons. The lowest BCUT2D eigenvalue weighted by molar-refractivity contribution is 0.0996. The summed E-state index contributed by atoms with van der Waals surface area (Å²) < 4.78 is 28.5. The summed E-state index contributed by atoms with van der Waals surface area (Å²) in [7, 11) is -3.50. The zero-order chi connectivity index (χ0) is 12.2. The van der Waals surface area contributed by atoms with Gasteiger partial charge in [0.05, 0.1) is 11.4 Å². The Hall–Kier alpha value is -0.390. The van der Waals surface area contributed by atoms with Gasteiger partial charge in [-0.1, -0.05) is 13.0 Å². The van der Waals surface area contributed by atoms with Crippen LogP contribution >= 0.6 is 0 Å². The fourth-order valence-electron chi connectivity index (χ4n) is 2.19. The van der Waals surface area contributed by atoms with E-state index in [1.54, 1.807) is 6.08 Å². The molecule has 0 radical (unpaired) electrons. The largest absolute Gasteiger partial charge is 0.378 e. The molecule has 0 aromatic carbocycles. The van der Waals surface area contributed by atoms with E-state index in [4.69, 9.17) is 9.88 Å². The minimum absolute atomic E-state index is 0.00306. The van der Waals surface area contributed by atoms with Crippen LogP contribution < -0.4 is 5.14 Å². The number of rotatable bonds is 6. The van der Waals surface area contributed by atoms with Gasteiger partial charge in [-0.25, -0.2) is 13.6 Å². The van der Waals surface area contributed by atoms with Gasteiger partial charge in [0.25, 0.3) is 0 Å². The summed E-state index contributed by atoms with van der Waals surface area (Å²) in [4.78, 5) is 0. The van der Waals surface area contributed by atoms with Crippen molar-refractivity contribution in [3.63, 3.8) is 0 Å². The summed E-state index contributed by atoms with van der Waals surface area (Å²) >= 11 is 0. The van der Waals surface area contributed by atoms with E-state index in [1.807, 2.05) is 6.92 Å². The van der Waals surface area contributed by atoms with E-state index < -0.39 is 15.3 Å². The summed E-state index contributed by atoms with van der Waals surface area (Å²) in [6, 6.07) is 0. The lowest BCUT2D eigenvalue weighted by atomic mass is 9.98. The molecule has 0 spiro atoms. The molecular formula is C11H21NO3S. The van der Waals surface area contributed by atoms with Crippen molar-refractivity contribution in [3.05, 3.63) is 12.7 Å². The first-order chi connectivity index (χ1) is 7.45. The number of ether oxygens (including phenoxy) is 1. The highest BCUT2D eigenvalue weighted by Crippen LogP contribution is 2.25. The molecule has 0 aliphatic carbocycles. The molecule has 1 aliphatic rings. The summed E-state index contributed by atoms with van der Waals surface area (Å²) in [6.45, 7) is 6.26. The molecular weight excluding hydrogens is 226 g/mol. The predicted molar refractivity (Wildman–Crippen MR) is 64.5 cm³/mol. The average molecular weight is 247 g/mol. The molecule has 5 heteroatoms. The Morgan fingerprint density at radius 3 is 2.75 bits per heavy atom. The number of nitrogens with two attached hydrogens (primary N) is 1. The number of sulfonamides is 1. The van der Waals surface area contributed by atoms with E-state index in [2.05, 4.69) is 6.58 Å². The molecule has 2 N–H and O–H groups in total. The fraction of sp³-hybridized carbons (Fsp3) is 0.818. The first-order valence-electron chi connectivity index (χ1n) is 5.69. The highest BCUT2D eigenvalue weighted by Gasteiger charge is 2.31. The summed E-state index contributed by atoms with van der Waals surface area (Å²) in [5, 5.41) is 4.75. The molecule has 0 aromatic heterocycles. The molecule has 1 saturated heterocycles. The maximum absolute atomic E-state index is 11.5. The van der Waals surface area contributed by atoms with E-state index in [9.17, 15) is 8.42 Å². The lowest BCUT2D eigenvalue weighted by Gasteiger charge is -2.23. The number of allylic oxidation sites excluding steroid dienone is 1. The number of primary sulfonamides is 1. The van der Waals surface area contributed by atoms with Crippen molar-refractivity contribution in [1.29, 1.82) is 0 Å². The predicted octanol–water partition coefficient (Wildman–Crippen LogP) is 1.42. The summed E-state index contributed by atoms with van der Waals surface area (Å²) in [5.41, 5.74) is 0. The Bertz CT molecular complexity index is 320. The van der Waals surface area contributed by atoms with Crippen molar-refractivity contribution >= 4 is 10.0 Å². The molecule has 1 rings (SSSR count). The molecule has 4 nitrogen and oxygen atoms in total. The van der Waals surface area contributed by atoms with Crippen molar-refractivity contribution in [2.75, 3.05) is 6.61 Å². The standard InChI is InChI=1S/C11H21NO3S/c1-3-5-9(2)11(16(12,13)14)8-10-6-4-7-15-10/h3,9-11H,1,4-8H2,2H3,(H2,12,13,14)/t9-,10+,11+/m1/s1. The van der Waals surface area contributed by atoms with Crippen LogP contribution in [-0.4, -0.2) is 26.4 Å². The van der Waals surface area contributed by atoms with Crippen LogP contribution in [0.4, 0.5) is 0 Å². The second-order valence-electron chi connectivity index (χ2n) is 4.50. The lowest BCUT2D eigenvalue weighted by Crippen LogP contribution is -2.36. The zero-order valence-corrected chi connectivity index (χ0v) is 10.6. The van der Waals surface area contributed by atoms with Crippen LogP contribution in [0.15, 0.2) is 12.7 Å². The monoisotopic (exact) mass is 247 g/mol. The fourth-order valence-corrected chi connectivity index (χ4v) is 3.44. The third-order valence-electron chi connectivity index (χ3n) is 3.11. The molecule has 0 unspecified atom stereocenters. The van der Waals surface area contributed by atoms with E-state index in [1.165, 1.54) is 0 Å². The van der Waals surface area contributed by atoms with Crippen LogP contribution in [0, 0.1) is 5.92 Å². The highest BCUT2D eigenvalue weighted by atomic mass is 32.2. The molecule has 0 aromatic rings. The molecule has 0 amide bonds. The van der Waals surface area contributed by atoms with Gasteiger partial charge in [-0.05, 0) is 31.6 Å². The summed E-state index contributed by atoms with van der Waals surface area (Å²) in [5.74, 6) is -0.00306. The molecule has 0 saturated carbocycles. The van der Waals surface area contributed by atoms with Crippen LogP contribution in [-0.2, 0) is 14.8 Å². The van der Waals surface area contributed by atoms with Crippen molar-refractivity contribution in [2.45, 2.75) is 44.0 Å². The van der Waals surface area contributed by atoms with Crippen LogP contribution in [0.2, 0.25) is 0 Å². The topological polar surface area (TPSA) is 69.4 Å². The number of hydrogen-bond acceptors (Lipinski definition) is 3. The van der Waals surface area contributed by atoms with Gasteiger partial charge in [0, 0.05) is 6.61 Å². The first kappa shape index (κ1) is 13.7. The van der Waals surface area contributed by atoms with Gasteiger partial charge in [-0.3, -0.25) is 0 Å². The zero-order valence-electron chi connectivity index (χ0n) is 9.76. The van der Waals surface area contributed by atoms with Gasteiger partial charge in [-0.15, -0.1) is 6.58 Å². The number of hydrogen-bond donors (Lipinski definition) is 1. The molecule has 1 aliphatic heterocycles. The van der Waals surface area contributed by atoms with Crippen LogP contribution in [0.1, 0.15) is 32.6 Å². The Kier molecular flexibility index (Phi) is 4.95. The second-order valence-corrected chi connectivity index (χ2v) is 6.28. The van der Waals surface area contributed by atoms with Gasteiger partial charge in [0.15, 0.2) is 0 Å². The van der Waals surface area contributed by atoms with E-state index in [-0.39, 0.29) is 12.0 Å². The van der Waals surface area contributed by atoms with E-state index in [0.29, 0.717) is 12.8 Å². The average Bonchev–Trinajstić information content (AvgIpc) is 2.64. The van der Waals surface area contributed by atoms with Gasteiger partial charge < -0.3 is 4.74 Å². The molecule has 0 bridgehead atoms. The highest BCUT2D eigenvalue weighted by molar-refractivity contribution is 7.89. The van der Waals surface area contributed by atoms with Crippen molar-refractivity contribution < 1.29 is 13.2 Å². The van der Waals surface area contributed by atoms with Crippen molar-refractivity contribution in [2.24, 2.45) is 11.1 Å². The van der Waals surface area contributed by atoms with Crippen molar-refractivity contribution in [3.8, 4) is 0 Å². The minimum Gasteiger partial charge on any atom is -0.378 e. The smallest absolute Gasteiger partial charge is 0.212 e. The van der Waals surface area contributed by atoms with Crippen LogP contribution in [0.3, 0.4) is 0 Å². The van der Waals surface area contributed by atoms with Crippen molar-refractivity contribution in [1.82, 2.24) is 0 Å². The van der Waals surface area contributed by atoms with Gasteiger partial charge >= 0.3 is 0 Å². The SMILES string of the molecule is C=CC[C@@H](C)[C@H](C[C@@H]1CCCO1)S(N)(=O)=O. The van der Waals surface area contributed by atoms with E-state index >= 15 is 0 Å². The quantitative estimate of drug-likeness (QED) is 0.722. The van der Waals surface area contributed by atoms with Gasteiger partial charge in [-0.2, -0.15) is 0 Å². The maximum Gasteiger partial charge on any atom is 0.212 e. The Labute approximate surface area is 97.9 Å². The maximum atomic E-state index is 11.5. The van der Waals surface area contributed by atoms with Gasteiger partial charge in [0.1, 0.15) is 0 Å². The molecule has 1 fully saturated rings. The Morgan fingerprint density at radius 2 is 2.31 bits per heavy atom.